The van der Waals surface area contributed by atoms with Crippen molar-refractivity contribution in [3.8, 4) is 5.75 Å². The van der Waals surface area contributed by atoms with E-state index in [0.29, 0.717) is 10.6 Å². The van der Waals surface area contributed by atoms with E-state index in [2.05, 4.69) is 4.74 Å². The number of hydrogen-bond acceptors (Lipinski definition) is 4. The highest BCUT2D eigenvalue weighted by Crippen LogP contribution is 2.16. The van der Waals surface area contributed by atoms with Gasteiger partial charge in [0.1, 0.15) is 5.75 Å². The summed E-state index contributed by atoms with van der Waals surface area (Å²) in [7, 11) is 1.70. The van der Waals surface area contributed by atoms with Crippen molar-refractivity contribution < 1.29 is 18.5 Å². The maximum absolute atomic E-state index is 11.9. The van der Waals surface area contributed by atoms with Crippen LogP contribution in [0.4, 0.5) is 0 Å². The van der Waals surface area contributed by atoms with E-state index in [4.69, 9.17) is 4.74 Å². The number of rotatable bonds is 5. The Kier molecular flexibility index (Phi) is 5.15. The summed E-state index contributed by atoms with van der Waals surface area (Å²) in [6.07, 6.45) is 0. The van der Waals surface area contributed by atoms with E-state index in [-0.39, 0.29) is 17.6 Å². The molecule has 17 heavy (non-hydrogen) atoms. The topological polar surface area (TPSA) is 52.6 Å². The van der Waals surface area contributed by atoms with Crippen LogP contribution in [0.2, 0.25) is 0 Å². The second kappa shape index (κ2) is 6.39. The summed E-state index contributed by atoms with van der Waals surface area (Å²) >= 11 is 0. The van der Waals surface area contributed by atoms with E-state index in [1.165, 1.54) is 7.11 Å². The molecule has 2 unspecified atom stereocenters. The Labute approximate surface area is 103 Å². The average molecular weight is 256 g/mol. The highest BCUT2D eigenvalue weighted by Gasteiger charge is 2.17. The molecule has 0 spiro atoms. The third-order valence-electron chi connectivity index (χ3n) is 2.33. The smallest absolute Gasteiger partial charge is 0.309 e. The first-order valence-corrected chi connectivity index (χ1v) is 6.50. The van der Waals surface area contributed by atoms with Gasteiger partial charge < -0.3 is 9.47 Å². The van der Waals surface area contributed by atoms with Gasteiger partial charge in [0, 0.05) is 10.6 Å². The summed E-state index contributed by atoms with van der Waals surface area (Å²) in [4.78, 5) is 11.9. The number of esters is 1. The Balaban J connectivity index is 2.66. The zero-order valence-electron chi connectivity index (χ0n) is 10.1. The molecule has 4 nitrogen and oxygen atoms in total. The molecule has 0 radical (unpaired) electrons. The van der Waals surface area contributed by atoms with Gasteiger partial charge in [-0.1, -0.05) is 6.92 Å². The van der Waals surface area contributed by atoms with Crippen molar-refractivity contribution >= 4 is 16.8 Å². The van der Waals surface area contributed by atoms with Crippen molar-refractivity contribution in [3.63, 3.8) is 0 Å². The van der Waals surface area contributed by atoms with Crippen LogP contribution in [0.1, 0.15) is 6.92 Å². The van der Waals surface area contributed by atoms with Crippen molar-refractivity contribution in [3.05, 3.63) is 24.3 Å². The van der Waals surface area contributed by atoms with Crippen LogP contribution in [-0.4, -0.2) is 30.2 Å². The van der Waals surface area contributed by atoms with Crippen molar-refractivity contribution in [1.29, 1.82) is 0 Å². The lowest BCUT2D eigenvalue weighted by atomic mass is 10.2. The minimum Gasteiger partial charge on any atom is -0.497 e. The predicted molar refractivity (Wildman–Crippen MR) is 65.4 cm³/mol. The summed E-state index contributed by atoms with van der Waals surface area (Å²) in [6, 6.07) is 6.96. The highest BCUT2D eigenvalue weighted by atomic mass is 32.2. The molecule has 0 aromatic heterocycles. The molecule has 0 aliphatic heterocycles. The number of carbonyl (C=O) groups excluding carboxylic acids is 1. The number of carbonyl (C=O) groups is 1. The first-order chi connectivity index (χ1) is 8.08. The molecule has 1 aromatic rings. The Hall–Kier alpha value is -1.36. The number of hydrogen-bond donors (Lipinski definition) is 0. The molecule has 0 saturated heterocycles. The first kappa shape index (κ1) is 13.7. The molecule has 0 heterocycles. The van der Waals surface area contributed by atoms with Gasteiger partial charge in [-0.15, -0.1) is 0 Å². The normalized spacial score (nSPS) is 13.8. The molecule has 94 valence electrons. The van der Waals surface area contributed by atoms with Gasteiger partial charge in [0.05, 0.1) is 30.9 Å². The van der Waals surface area contributed by atoms with E-state index in [0.717, 1.165) is 0 Å². The van der Waals surface area contributed by atoms with Gasteiger partial charge in [0.15, 0.2) is 0 Å². The second-order valence-corrected chi connectivity index (χ2v) is 5.11. The molecule has 2 atom stereocenters. The van der Waals surface area contributed by atoms with Crippen LogP contribution in [0.25, 0.3) is 0 Å². The molecule has 0 bridgehead atoms. The quantitative estimate of drug-likeness (QED) is 0.751. The maximum atomic E-state index is 11.9. The first-order valence-electron chi connectivity index (χ1n) is 5.18. The molecule has 0 aliphatic carbocycles. The van der Waals surface area contributed by atoms with E-state index >= 15 is 0 Å². The van der Waals surface area contributed by atoms with Crippen LogP contribution < -0.4 is 4.74 Å². The number of benzene rings is 1. The van der Waals surface area contributed by atoms with Crippen LogP contribution in [0, 0.1) is 5.92 Å². The lowest BCUT2D eigenvalue weighted by Gasteiger charge is -2.09. The van der Waals surface area contributed by atoms with E-state index in [9.17, 15) is 9.00 Å². The predicted octanol–water partition coefficient (Wildman–Crippen LogP) is 1.61. The van der Waals surface area contributed by atoms with Crippen molar-refractivity contribution in [2.75, 3.05) is 20.0 Å². The minimum absolute atomic E-state index is 0.263. The summed E-state index contributed by atoms with van der Waals surface area (Å²) in [6.45, 7) is 1.70. The van der Waals surface area contributed by atoms with Crippen LogP contribution in [0.3, 0.4) is 0 Å². The van der Waals surface area contributed by atoms with E-state index in [1.807, 2.05) is 0 Å². The van der Waals surface area contributed by atoms with Gasteiger partial charge in [0.25, 0.3) is 0 Å². The third kappa shape index (κ3) is 3.85. The van der Waals surface area contributed by atoms with Crippen molar-refractivity contribution in [1.82, 2.24) is 0 Å². The van der Waals surface area contributed by atoms with E-state index in [1.54, 1.807) is 38.3 Å². The average Bonchev–Trinajstić information content (AvgIpc) is 2.37. The molecular formula is C12H16O4S. The van der Waals surface area contributed by atoms with Crippen LogP contribution >= 0.6 is 0 Å². The summed E-state index contributed by atoms with van der Waals surface area (Å²) in [5.74, 6) is 0.264. The van der Waals surface area contributed by atoms with Crippen LogP contribution in [0.15, 0.2) is 29.2 Å². The maximum Gasteiger partial charge on any atom is 0.309 e. The Morgan fingerprint density at radius 2 is 1.88 bits per heavy atom. The number of ether oxygens (including phenoxy) is 2. The largest absolute Gasteiger partial charge is 0.497 e. The molecule has 1 aromatic carbocycles. The molecule has 0 saturated carbocycles. The SMILES string of the molecule is COC(=O)C(C)CS(=O)c1ccc(OC)cc1. The summed E-state index contributed by atoms with van der Waals surface area (Å²) < 4.78 is 21.5. The zero-order valence-corrected chi connectivity index (χ0v) is 11.0. The van der Waals surface area contributed by atoms with Gasteiger partial charge in [-0.25, -0.2) is 0 Å². The zero-order chi connectivity index (χ0) is 12.8. The molecule has 0 aliphatic rings. The van der Waals surface area contributed by atoms with E-state index < -0.39 is 10.8 Å². The Bertz CT molecular complexity index is 399. The summed E-state index contributed by atoms with van der Waals surface area (Å²) in [5, 5.41) is 0. The van der Waals surface area contributed by atoms with Crippen LogP contribution in [-0.2, 0) is 20.3 Å². The molecule has 5 heteroatoms. The fraction of sp³-hybridized carbons (Fsp3) is 0.417. The highest BCUT2D eigenvalue weighted by molar-refractivity contribution is 7.85. The lowest BCUT2D eigenvalue weighted by Crippen LogP contribution is -2.19. The van der Waals surface area contributed by atoms with Crippen molar-refractivity contribution in [2.24, 2.45) is 5.92 Å². The standard InChI is InChI=1S/C12H16O4S/c1-9(12(13)16-3)8-17(14)11-6-4-10(15-2)5-7-11/h4-7,9H,8H2,1-3H3. The van der Waals surface area contributed by atoms with Gasteiger partial charge in [-0.3, -0.25) is 9.00 Å². The van der Waals surface area contributed by atoms with Gasteiger partial charge in [-0.05, 0) is 24.3 Å². The molecule has 0 amide bonds. The minimum atomic E-state index is -1.20. The molecular weight excluding hydrogens is 240 g/mol. The summed E-state index contributed by atoms with van der Waals surface area (Å²) in [5.41, 5.74) is 0. The van der Waals surface area contributed by atoms with Crippen LogP contribution in [0.5, 0.6) is 5.75 Å². The Morgan fingerprint density at radius 1 is 1.29 bits per heavy atom. The monoisotopic (exact) mass is 256 g/mol. The second-order valence-electron chi connectivity index (χ2n) is 3.61. The Morgan fingerprint density at radius 3 is 2.35 bits per heavy atom. The fourth-order valence-electron chi connectivity index (χ4n) is 1.32. The lowest BCUT2D eigenvalue weighted by molar-refractivity contribution is -0.144. The van der Waals surface area contributed by atoms with Gasteiger partial charge in [-0.2, -0.15) is 0 Å². The van der Waals surface area contributed by atoms with Gasteiger partial charge in [0.2, 0.25) is 0 Å². The molecule has 1 rings (SSSR count). The van der Waals surface area contributed by atoms with Crippen molar-refractivity contribution in [2.45, 2.75) is 11.8 Å². The molecule has 0 N–H and O–H groups in total. The van der Waals surface area contributed by atoms with Gasteiger partial charge >= 0.3 is 5.97 Å². The number of methoxy groups -OCH3 is 2. The molecule has 0 fully saturated rings. The fourth-order valence-corrected chi connectivity index (χ4v) is 2.54. The third-order valence-corrected chi connectivity index (χ3v) is 3.93.